The molecule has 6 rings (SSSR count). The number of piperazine rings is 1. The maximum atomic E-state index is 13.8. The summed E-state index contributed by atoms with van der Waals surface area (Å²) in [6.07, 6.45) is 0. The number of carbonyl (C=O) groups is 1. The van der Waals surface area contributed by atoms with Gasteiger partial charge in [0.05, 0.1) is 30.8 Å². The molecule has 1 amide bonds. The number of rotatable bonds is 7. The van der Waals surface area contributed by atoms with Gasteiger partial charge in [-0.05, 0) is 37.3 Å². The van der Waals surface area contributed by atoms with Crippen LogP contribution in [0.1, 0.15) is 17.4 Å². The summed E-state index contributed by atoms with van der Waals surface area (Å²) in [4.78, 5) is 22.8. The number of ether oxygens (including phenoxy) is 2. The van der Waals surface area contributed by atoms with E-state index in [2.05, 4.69) is 11.0 Å². The zero-order valence-electron chi connectivity index (χ0n) is 22.7. The van der Waals surface area contributed by atoms with E-state index in [0.29, 0.717) is 49.9 Å². The Balaban J connectivity index is 1.34. The van der Waals surface area contributed by atoms with Crippen LogP contribution in [0.4, 0.5) is 5.69 Å². The van der Waals surface area contributed by atoms with E-state index >= 15 is 0 Å². The quantitative estimate of drug-likeness (QED) is 0.278. The molecular weight excluding hydrogens is 502 g/mol. The molecule has 0 unspecified atom stereocenters. The molecule has 0 radical (unpaired) electrons. The van der Waals surface area contributed by atoms with Gasteiger partial charge in [0.2, 0.25) is 0 Å². The summed E-state index contributed by atoms with van der Waals surface area (Å²) >= 11 is 0. The van der Waals surface area contributed by atoms with E-state index in [0.717, 1.165) is 34.0 Å². The van der Waals surface area contributed by atoms with Gasteiger partial charge in [0.15, 0.2) is 5.65 Å². The van der Waals surface area contributed by atoms with E-state index in [9.17, 15) is 4.79 Å². The number of methoxy groups -OCH3 is 1. The largest absolute Gasteiger partial charge is 0.496 e. The standard InChI is InChI=1S/C32H31N5O3/c1-3-40-30-16-10-8-14-27(30)35-17-19-36(20-18-35)32(38)26-21-28(24-13-7-9-15-29(24)39-2)37-31(33-26)22-25(34-37)23-11-5-4-6-12-23/h4-16,21-22H,3,17-20H2,1-2H3. The molecule has 0 aliphatic carbocycles. The summed E-state index contributed by atoms with van der Waals surface area (Å²) in [5.41, 5.74) is 5.41. The van der Waals surface area contributed by atoms with Crippen molar-refractivity contribution in [1.29, 1.82) is 0 Å². The number of para-hydroxylation sites is 3. The Morgan fingerprint density at radius 1 is 0.850 bits per heavy atom. The van der Waals surface area contributed by atoms with Crippen molar-refractivity contribution in [3.05, 3.63) is 96.7 Å². The molecule has 40 heavy (non-hydrogen) atoms. The number of hydrogen-bond donors (Lipinski definition) is 0. The Morgan fingerprint density at radius 2 is 1.55 bits per heavy atom. The number of anilines is 1. The highest BCUT2D eigenvalue weighted by Gasteiger charge is 2.26. The summed E-state index contributed by atoms with van der Waals surface area (Å²) in [6, 6.07) is 29.5. The predicted molar refractivity (Wildman–Crippen MR) is 156 cm³/mol. The van der Waals surface area contributed by atoms with Gasteiger partial charge in [-0.25, -0.2) is 9.50 Å². The van der Waals surface area contributed by atoms with Crippen molar-refractivity contribution < 1.29 is 14.3 Å². The SMILES string of the molecule is CCOc1ccccc1N1CCN(C(=O)c2cc(-c3ccccc3OC)n3nc(-c4ccccc4)cc3n2)CC1. The highest BCUT2D eigenvalue weighted by Crippen LogP contribution is 2.32. The molecule has 3 aromatic carbocycles. The van der Waals surface area contributed by atoms with Gasteiger partial charge in [-0.3, -0.25) is 4.79 Å². The summed E-state index contributed by atoms with van der Waals surface area (Å²) in [6.45, 7) is 5.19. The zero-order chi connectivity index (χ0) is 27.5. The predicted octanol–water partition coefficient (Wildman–Crippen LogP) is 5.43. The van der Waals surface area contributed by atoms with Gasteiger partial charge in [-0.1, -0.05) is 54.6 Å². The highest BCUT2D eigenvalue weighted by atomic mass is 16.5. The molecule has 0 atom stereocenters. The van der Waals surface area contributed by atoms with Crippen LogP contribution in [0, 0.1) is 0 Å². The van der Waals surface area contributed by atoms with Crippen LogP contribution in [0.2, 0.25) is 0 Å². The fraction of sp³-hybridized carbons (Fsp3) is 0.219. The maximum absolute atomic E-state index is 13.8. The first-order chi connectivity index (χ1) is 19.7. The van der Waals surface area contributed by atoms with Crippen LogP contribution in [0.15, 0.2) is 91.0 Å². The van der Waals surface area contributed by atoms with Gasteiger partial charge in [-0.15, -0.1) is 0 Å². The van der Waals surface area contributed by atoms with Crippen molar-refractivity contribution in [2.75, 3.05) is 44.8 Å². The first-order valence-corrected chi connectivity index (χ1v) is 13.5. The Bertz CT molecular complexity index is 1640. The van der Waals surface area contributed by atoms with Crippen molar-refractivity contribution in [3.8, 4) is 34.0 Å². The van der Waals surface area contributed by atoms with Gasteiger partial charge in [0.25, 0.3) is 5.91 Å². The second kappa shape index (κ2) is 11.1. The van der Waals surface area contributed by atoms with Crippen molar-refractivity contribution >= 4 is 17.2 Å². The van der Waals surface area contributed by atoms with Gasteiger partial charge in [0.1, 0.15) is 17.2 Å². The highest BCUT2D eigenvalue weighted by molar-refractivity contribution is 5.94. The molecule has 8 nitrogen and oxygen atoms in total. The summed E-state index contributed by atoms with van der Waals surface area (Å²) in [7, 11) is 1.64. The van der Waals surface area contributed by atoms with Crippen LogP contribution in [0.25, 0.3) is 28.2 Å². The van der Waals surface area contributed by atoms with E-state index in [1.54, 1.807) is 11.6 Å². The molecule has 8 heteroatoms. The minimum Gasteiger partial charge on any atom is -0.496 e. The first kappa shape index (κ1) is 25.4. The molecule has 0 N–H and O–H groups in total. The normalized spacial score (nSPS) is 13.4. The van der Waals surface area contributed by atoms with E-state index in [1.165, 1.54) is 0 Å². The van der Waals surface area contributed by atoms with Crippen LogP contribution in [-0.2, 0) is 0 Å². The van der Waals surface area contributed by atoms with Crippen molar-refractivity contribution in [2.24, 2.45) is 0 Å². The van der Waals surface area contributed by atoms with E-state index < -0.39 is 0 Å². The summed E-state index contributed by atoms with van der Waals surface area (Å²) < 4.78 is 13.3. The lowest BCUT2D eigenvalue weighted by atomic mass is 10.1. The smallest absolute Gasteiger partial charge is 0.272 e. The van der Waals surface area contributed by atoms with Crippen LogP contribution in [-0.4, -0.2) is 65.3 Å². The van der Waals surface area contributed by atoms with Crippen molar-refractivity contribution in [2.45, 2.75) is 6.92 Å². The van der Waals surface area contributed by atoms with Gasteiger partial charge < -0.3 is 19.3 Å². The molecule has 0 saturated carbocycles. The lowest BCUT2D eigenvalue weighted by Gasteiger charge is -2.36. The lowest BCUT2D eigenvalue weighted by Crippen LogP contribution is -2.49. The molecule has 1 aliphatic rings. The third-order valence-electron chi connectivity index (χ3n) is 7.17. The summed E-state index contributed by atoms with van der Waals surface area (Å²) in [5.74, 6) is 1.47. The molecule has 5 aromatic rings. The van der Waals surface area contributed by atoms with E-state index in [-0.39, 0.29) is 5.91 Å². The van der Waals surface area contributed by atoms with Crippen LogP contribution in [0.3, 0.4) is 0 Å². The second-order valence-corrected chi connectivity index (χ2v) is 9.57. The minimum absolute atomic E-state index is 0.0983. The third-order valence-corrected chi connectivity index (χ3v) is 7.17. The van der Waals surface area contributed by atoms with Crippen molar-refractivity contribution in [3.63, 3.8) is 0 Å². The molecule has 1 saturated heterocycles. The Morgan fingerprint density at radius 3 is 2.30 bits per heavy atom. The van der Waals surface area contributed by atoms with Crippen LogP contribution < -0.4 is 14.4 Å². The number of fused-ring (bicyclic) bond motifs is 1. The number of nitrogens with zero attached hydrogens (tertiary/aromatic N) is 5. The molecular formula is C32H31N5O3. The maximum Gasteiger partial charge on any atom is 0.272 e. The second-order valence-electron chi connectivity index (χ2n) is 9.57. The van der Waals surface area contributed by atoms with E-state index in [1.807, 2.05) is 96.8 Å². The van der Waals surface area contributed by atoms with Gasteiger partial charge >= 0.3 is 0 Å². The number of amides is 1. The molecule has 0 bridgehead atoms. The molecule has 1 aliphatic heterocycles. The molecule has 0 spiro atoms. The van der Waals surface area contributed by atoms with Crippen molar-refractivity contribution in [1.82, 2.24) is 19.5 Å². The first-order valence-electron chi connectivity index (χ1n) is 13.5. The number of carbonyl (C=O) groups excluding carboxylic acids is 1. The fourth-order valence-electron chi connectivity index (χ4n) is 5.19. The number of benzene rings is 3. The van der Waals surface area contributed by atoms with Crippen LogP contribution >= 0.6 is 0 Å². The molecule has 2 aromatic heterocycles. The Kier molecular flexibility index (Phi) is 7.06. The lowest BCUT2D eigenvalue weighted by molar-refractivity contribution is 0.0741. The Labute approximate surface area is 233 Å². The molecule has 1 fully saturated rings. The number of hydrogen-bond acceptors (Lipinski definition) is 6. The van der Waals surface area contributed by atoms with Crippen LogP contribution in [0.5, 0.6) is 11.5 Å². The van der Waals surface area contributed by atoms with Gasteiger partial charge in [0, 0.05) is 43.4 Å². The average molecular weight is 534 g/mol. The monoisotopic (exact) mass is 533 g/mol. The average Bonchev–Trinajstić information content (AvgIpc) is 3.46. The topological polar surface area (TPSA) is 72.2 Å². The zero-order valence-corrected chi connectivity index (χ0v) is 22.7. The number of aromatic nitrogens is 3. The molecule has 3 heterocycles. The minimum atomic E-state index is -0.0983. The van der Waals surface area contributed by atoms with E-state index in [4.69, 9.17) is 19.6 Å². The summed E-state index contributed by atoms with van der Waals surface area (Å²) in [5, 5.41) is 4.87. The third kappa shape index (κ3) is 4.84. The van der Waals surface area contributed by atoms with Gasteiger partial charge in [-0.2, -0.15) is 5.10 Å². The Hall–Kier alpha value is -4.85. The fourth-order valence-corrected chi connectivity index (χ4v) is 5.19. The molecule has 202 valence electrons.